The molecule has 1 heterocycles. The number of nitrogens with one attached hydrogen (secondary N) is 1. The molecule has 1 aliphatic heterocycles. The molecule has 1 amide bonds. The molecular weight excluding hydrogens is 343 g/mol. The smallest absolute Gasteiger partial charge is 0.407 e. The van der Waals surface area contributed by atoms with E-state index in [1.807, 2.05) is 45.0 Å². The van der Waals surface area contributed by atoms with Crippen molar-refractivity contribution in [2.45, 2.75) is 44.9 Å². The highest BCUT2D eigenvalue weighted by Gasteiger charge is 2.35. The van der Waals surface area contributed by atoms with Gasteiger partial charge >= 0.3 is 6.09 Å². The fourth-order valence-corrected chi connectivity index (χ4v) is 3.54. The van der Waals surface area contributed by atoms with E-state index >= 15 is 0 Å². The number of hydrogen-bond donors (Lipinski definition) is 1. The summed E-state index contributed by atoms with van der Waals surface area (Å²) in [5.41, 5.74) is 1.56. The molecule has 4 nitrogen and oxygen atoms in total. The summed E-state index contributed by atoms with van der Waals surface area (Å²) < 4.78 is 19.2. The Morgan fingerprint density at radius 2 is 1.89 bits per heavy atom. The maximum Gasteiger partial charge on any atom is 0.407 e. The van der Waals surface area contributed by atoms with Crippen LogP contribution in [0.3, 0.4) is 0 Å². The number of hydrogen-bond acceptors (Lipinski definition) is 3. The van der Waals surface area contributed by atoms with Gasteiger partial charge in [-0.25, -0.2) is 9.18 Å². The highest BCUT2D eigenvalue weighted by atomic mass is 19.1. The predicted molar refractivity (Wildman–Crippen MR) is 104 cm³/mol. The third-order valence-corrected chi connectivity index (χ3v) is 4.62. The Bertz CT molecular complexity index is 773. The lowest BCUT2D eigenvalue weighted by molar-refractivity contribution is 0.0502. The van der Waals surface area contributed by atoms with Crippen molar-refractivity contribution < 1.29 is 13.9 Å². The van der Waals surface area contributed by atoms with Crippen LogP contribution in [0, 0.1) is 5.82 Å². The van der Waals surface area contributed by atoms with Crippen molar-refractivity contribution in [1.82, 2.24) is 10.2 Å². The van der Waals surface area contributed by atoms with Crippen LogP contribution in [-0.4, -0.2) is 35.7 Å². The lowest BCUT2D eigenvalue weighted by atomic mass is 9.94. The summed E-state index contributed by atoms with van der Waals surface area (Å²) in [5, 5.41) is 2.99. The van der Waals surface area contributed by atoms with Gasteiger partial charge in [0.1, 0.15) is 11.4 Å². The first-order valence-electron chi connectivity index (χ1n) is 9.31. The van der Waals surface area contributed by atoms with Crippen molar-refractivity contribution in [1.29, 1.82) is 0 Å². The second-order valence-corrected chi connectivity index (χ2v) is 8.09. The molecule has 0 aliphatic carbocycles. The van der Waals surface area contributed by atoms with Crippen molar-refractivity contribution in [3.05, 3.63) is 71.5 Å². The van der Waals surface area contributed by atoms with Crippen LogP contribution in [-0.2, 0) is 11.3 Å². The second-order valence-electron chi connectivity index (χ2n) is 8.09. The fourth-order valence-electron chi connectivity index (χ4n) is 3.54. The summed E-state index contributed by atoms with van der Waals surface area (Å²) in [6.45, 7) is 7.75. The van der Waals surface area contributed by atoms with Gasteiger partial charge in [0.05, 0.1) is 6.04 Å². The molecule has 5 heteroatoms. The van der Waals surface area contributed by atoms with Gasteiger partial charge in [-0.05, 0) is 44.0 Å². The minimum Gasteiger partial charge on any atom is -0.444 e. The Morgan fingerprint density at radius 1 is 1.15 bits per heavy atom. The van der Waals surface area contributed by atoms with Crippen molar-refractivity contribution in [3.8, 4) is 0 Å². The van der Waals surface area contributed by atoms with Crippen LogP contribution in [0.5, 0.6) is 0 Å². The first kappa shape index (κ1) is 19.4. The summed E-state index contributed by atoms with van der Waals surface area (Å²) in [4.78, 5) is 14.6. The number of halogens is 1. The molecule has 0 spiro atoms. The van der Waals surface area contributed by atoms with Crippen LogP contribution < -0.4 is 5.32 Å². The SMILES string of the molecule is CC(C)(C)OC(=O)N[C@@H]1CN(Cc2ccccc2)C[C@@H]1c1cccc(F)c1. The Kier molecular flexibility index (Phi) is 5.80. The van der Waals surface area contributed by atoms with Gasteiger partial charge in [-0.15, -0.1) is 0 Å². The fraction of sp³-hybridized carbons (Fsp3) is 0.409. The number of likely N-dealkylation sites (tertiary alicyclic amines) is 1. The number of carbonyl (C=O) groups is 1. The van der Waals surface area contributed by atoms with Crippen molar-refractivity contribution in [3.63, 3.8) is 0 Å². The highest BCUT2D eigenvalue weighted by Crippen LogP contribution is 2.29. The van der Waals surface area contributed by atoms with Gasteiger partial charge in [0.15, 0.2) is 0 Å². The zero-order chi connectivity index (χ0) is 19.4. The zero-order valence-electron chi connectivity index (χ0n) is 16.1. The Balaban J connectivity index is 1.75. The van der Waals surface area contributed by atoms with Crippen LogP contribution in [0.15, 0.2) is 54.6 Å². The van der Waals surface area contributed by atoms with Gasteiger partial charge in [-0.2, -0.15) is 0 Å². The Labute approximate surface area is 160 Å². The summed E-state index contributed by atoms with van der Waals surface area (Å²) in [7, 11) is 0. The Morgan fingerprint density at radius 3 is 2.56 bits per heavy atom. The zero-order valence-corrected chi connectivity index (χ0v) is 16.1. The van der Waals surface area contributed by atoms with Gasteiger partial charge in [-0.3, -0.25) is 4.90 Å². The monoisotopic (exact) mass is 370 g/mol. The minimum atomic E-state index is -0.555. The topological polar surface area (TPSA) is 41.6 Å². The van der Waals surface area contributed by atoms with Gasteiger partial charge < -0.3 is 10.1 Å². The molecule has 0 saturated carbocycles. The summed E-state index contributed by atoms with van der Waals surface area (Å²) in [6, 6.07) is 16.7. The lowest BCUT2D eigenvalue weighted by Crippen LogP contribution is -2.42. The molecule has 3 rings (SSSR count). The van der Waals surface area contributed by atoms with Crippen molar-refractivity contribution in [2.75, 3.05) is 13.1 Å². The molecule has 2 aromatic rings. The average molecular weight is 370 g/mol. The summed E-state index contributed by atoms with van der Waals surface area (Å²) in [6.07, 6.45) is -0.435. The first-order chi connectivity index (χ1) is 12.8. The van der Waals surface area contributed by atoms with Gasteiger partial charge in [-0.1, -0.05) is 42.5 Å². The normalized spacial score (nSPS) is 20.4. The molecule has 1 aliphatic rings. The maximum absolute atomic E-state index is 13.8. The number of rotatable bonds is 4. The molecule has 1 N–H and O–H groups in total. The first-order valence-corrected chi connectivity index (χ1v) is 9.31. The summed E-state index contributed by atoms with van der Waals surface area (Å²) >= 11 is 0. The summed E-state index contributed by atoms with van der Waals surface area (Å²) in [5.74, 6) is -0.248. The highest BCUT2D eigenvalue weighted by molar-refractivity contribution is 5.68. The van der Waals surface area contributed by atoms with Gasteiger partial charge in [0.2, 0.25) is 0 Å². The molecule has 0 bridgehead atoms. The van der Waals surface area contributed by atoms with Crippen LogP contribution in [0.25, 0.3) is 0 Å². The molecule has 0 radical (unpaired) electrons. The third kappa shape index (κ3) is 5.54. The quantitative estimate of drug-likeness (QED) is 0.872. The third-order valence-electron chi connectivity index (χ3n) is 4.62. The van der Waals surface area contributed by atoms with Gasteiger partial charge in [0, 0.05) is 25.6 Å². The molecular formula is C22H27FN2O2. The average Bonchev–Trinajstić information content (AvgIpc) is 2.96. The largest absolute Gasteiger partial charge is 0.444 e. The van der Waals surface area contributed by atoms with E-state index in [0.717, 1.165) is 18.7 Å². The molecule has 1 fully saturated rings. The van der Waals surface area contributed by atoms with Crippen LogP contribution in [0.4, 0.5) is 9.18 Å². The number of alkyl carbamates (subject to hydrolysis) is 1. The van der Waals surface area contributed by atoms with E-state index in [9.17, 15) is 9.18 Å². The van der Waals surface area contributed by atoms with Crippen LogP contribution in [0.1, 0.15) is 37.8 Å². The molecule has 0 aromatic heterocycles. The van der Waals surface area contributed by atoms with Crippen molar-refractivity contribution in [2.24, 2.45) is 0 Å². The number of nitrogens with zero attached hydrogens (tertiary/aromatic N) is 1. The lowest BCUT2D eigenvalue weighted by Gasteiger charge is -2.24. The van der Waals surface area contributed by atoms with Crippen molar-refractivity contribution >= 4 is 6.09 Å². The molecule has 27 heavy (non-hydrogen) atoms. The number of carbonyl (C=O) groups excluding carboxylic acids is 1. The maximum atomic E-state index is 13.8. The van der Waals surface area contributed by atoms with E-state index in [0.29, 0.717) is 6.54 Å². The van der Waals surface area contributed by atoms with Gasteiger partial charge in [0.25, 0.3) is 0 Å². The molecule has 0 unspecified atom stereocenters. The molecule has 2 atom stereocenters. The number of benzene rings is 2. The van der Waals surface area contributed by atoms with E-state index in [4.69, 9.17) is 4.74 Å². The predicted octanol–water partition coefficient (Wildman–Crippen LogP) is 4.32. The standard InChI is InChI=1S/C22H27FN2O2/c1-22(2,3)27-21(26)24-20-15-25(13-16-8-5-4-6-9-16)14-19(20)17-10-7-11-18(23)12-17/h4-12,19-20H,13-15H2,1-3H3,(H,24,26)/t19-,20-/m1/s1. The number of ether oxygens (including phenoxy) is 1. The van der Waals surface area contributed by atoms with E-state index in [-0.39, 0.29) is 17.8 Å². The molecule has 144 valence electrons. The number of amides is 1. The van der Waals surface area contributed by atoms with E-state index in [2.05, 4.69) is 22.3 Å². The second kappa shape index (κ2) is 8.09. The molecule has 1 saturated heterocycles. The molecule has 2 aromatic carbocycles. The van der Waals surface area contributed by atoms with E-state index in [1.165, 1.54) is 11.6 Å². The van der Waals surface area contributed by atoms with E-state index < -0.39 is 11.7 Å². The Hall–Kier alpha value is -2.40. The van der Waals surface area contributed by atoms with Crippen LogP contribution >= 0.6 is 0 Å². The minimum absolute atomic E-state index is 0.0110. The van der Waals surface area contributed by atoms with E-state index in [1.54, 1.807) is 12.1 Å². The van der Waals surface area contributed by atoms with Crippen LogP contribution in [0.2, 0.25) is 0 Å².